The van der Waals surface area contributed by atoms with E-state index in [4.69, 9.17) is 4.74 Å². The van der Waals surface area contributed by atoms with Gasteiger partial charge >= 0.3 is 5.97 Å². The predicted octanol–water partition coefficient (Wildman–Crippen LogP) is 2.96. The number of carbonyl (C=O) groups is 1. The maximum Gasteiger partial charge on any atom is 0.309 e. The van der Waals surface area contributed by atoms with Crippen LogP contribution < -0.4 is 0 Å². The summed E-state index contributed by atoms with van der Waals surface area (Å²) in [6, 6.07) is 0. The molecule has 3 heteroatoms. The molecular formula is C13H21FO2. The summed E-state index contributed by atoms with van der Waals surface area (Å²) in [5.41, 5.74) is -0.433. The van der Waals surface area contributed by atoms with Crippen molar-refractivity contribution in [3.8, 4) is 0 Å². The van der Waals surface area contributed by atoms with E-state index < -0.39 is 11.8 Å². The molecule has 0 aromatic rings. The second-order valence-electron chi connectivity index (χ2n) is 6.34. The Morgan fingerprint density at radius 3 is 2.38 bits per heavy atom. The average Bonchev–Trinajstić information content (AvgIpc) is 2.65. The van der Waals surface area contributed by atoms with E-state index in [1.807, 2.05) is 27.7 Å². The van der Waals surface area contributed by atoms with Crippen LogP contribution in [0.1, 0.15) is 40.5 Å². The van der Waals surface area contributed by atoms with Gasteiger partial charge in [-0.25, -0.2) is 4.39 Å². The first-order valence-corrected chi connectivity index (χ1v) is 6.16. The largest absolute Gasteiger partial charge is 0.460 e. The van der Waals surface area contributed by atoms with Gasteiger partial charge < -0.3 is 4.74 Å². The summed E-state index contributed by atoms with van der Waals surface area (Å²) >= 11 is 0. The highest BCUT2D eigenvalue weighted by atomic mass is 19.1. The highest BCUT2D eigenvalue weighted by molar-refractivity contribution is 5.74. The minimum Gasteiger partial charge on any atom is -0.460 e. The Balaban J connectivity index is 2.01. The molecule has 2 nitrogen and oxygen atoms in total. The van der Waals surface area contributed by atoms with Gasteiger partial charge in [0.1, 0.15) is 11.8 Å². The van der Waals surface area contributed by atoms with E-state index in [0.717, 1.165) is 6.42 Å². The van der Waals surface area contributed by atoms with Crippen LogP contribution in [0.15, 0.2) is 0 Å². The molecule has 5 unspecified atom stereocenters. The third-order valence-electron chi connectivity index (χ3n) is 3.99. The number of hydrogen-bond donors (Lipinski definition) is 0. The zero-order valence-corrected chi connectivity index (χ0v) is 10.5. The molecule has 16 heavy (non-hydrogen) atoms. The van der Waals surface area contributed by atoms with Crippen molar-refractivity contribution in [1.82, 2.24) is 0 Å². The molecule has 2 fully saturated rings. The Morgan fingerprint density at radius 2 is 1.94 bits per heavy atom. The van der Waals surface area contributed by atoms with Gasteiger partial charge in [0.15, 0.2) is 0 Å². The molecule has 2 aliphatic carbocycles. The summed E-state index contributed by atoms with van der Waals surface area (Å²) in [4.78, 5) is 12.0. The van der Waals surface area contributed by atoms with Crippen molar-refractivity contribution in [2.75, 3.05) is 0 Å². The van der Waals surface area contributed by atoms with Crippen LogP contribution in [0.2, 0.25) is 0 Å². The summed E-state index contributed by atoms with van der Waals surface area (Å²) in [6.07, 6.45) is 0.848. The molecule has 0 saturated heterocycles. The molecule has 2 saturated carbocycles. The number of esters is 1. The van der Waals surface area contributed by atoms with E-state index in [0.29, 0.717) is 6.42 Å². The van der Waals surface area contributed by atoms with Gasteiger partial charge in [-0.1, -0.05) is 6.92 Å². The number of ether oxygens (including phenoxy) is 1. The molecule has 92 valence electrons. The van der Waals surface area contributed by atoms with Crippen LogP contribution in [-0.4, -0.2) is 17.7 Å². The fourth-order valence-corrected chi connectivity index (χ4v) is 3.27. The van der Waals surface area contributed by atoms with Crippen LogP contribution in [0, 0.1) is 23.7 Å². The van der Waals surface area contributed by atoms with Crippen molar-refractivity contribution in [1.29, 1.82) is 0 Å². The average molecular weight is 228 g/mol. The lowest BCUT2D eigenvalue weighted by molar-refractivity contribution is -0.163. The van der Waals surface area contributed by atoms with Gasteiger partial charge in [-0.3, -0.25) is 4.79 Å². The molecular weight excluding hydrogens is 207 g/mol. The highest BCUT2D eigenvalue weighted by Crippen LogP contribution is 2.53. The van der Waals surface area contributed by atoms with Gasteiger partial charge in [0, 0.05) is 0 Å². The van der Waals surface area contributed by atoms with Crippen molar-refractivity contribution >= 4 is 5.97 Å². The van der Waals surface area contributed by atoms with Crippen LogP contribution in [-0.2, 0) is 9.53 Å². The van der Waals surface area contributed by atoms with E-state index in [1.165, 1.54) is 0 Å². The smallest absolute Gasteiger partial charge is 0.309 e. The second kappa shape index (κ2) is 3.71. The molecule has 0 aromatic carbocycles. The molecule has 5 atom stereocenters. The van der Waals surface area contributed by atoms with Crippen molar-refractivity contribution in [2.24, 2.45) is 23.7 Å². The summed E-state index contributed by atoms with van der Waals surface area (Å²) < 4.78 is 19.0. The van der Waals surface area contributed by atoms with Gasteiger partial charge in [0.05, 0.1) is 5.92 Å². The fourth-order valence-electron chi connectivity index (χ4n) is 3.27. The first-order chi connectivity index (χ1) is 7.29. The highest BCUT2D eigenvalue weighted by Gasteiger charge is 2.54. The van der Waals surface area contributed by atoms with Crippen LogP contribution in [0.25, 0.3) is 0 Å². The third kappa shape index (κ3) is 1.96. The maximum atomic E-state index is 13.6. The van der Waals surface area contributed by atoms with Crippen LogP contribution in [0.5, 0.6) is 0 Å². The zero-order valence-electron chi connectivity index (χ0n) is 10.5. The standard InChI is InChI=1S/C13H21FO2/c1-7-9-5-8(11(7)14)6-10(9)12(15)16-13(2,3)4/h7-11H,5-6H2,1-4H3. The minimum absolute atomic E-state index is 0.0243. The van der Waals surface area contributed by atoms with E-state index in [1.54, 1.807) is 0 Å². The molecule has 0 radical (unpaired) electrons. The molecule has 0 spiro atoms. The molecule has 2 bridgehead atoms. The third-order valence-corrected chi connectivity index (χ3v) is 3.99. The normalized spacial score (nSPS) is 42.4. The van der Waals surface area contributed by atoms with E-state index in [2.05, 4.69) is 0 Å². The number of carbonyl (C=O) groups excluding carboxylic acids is 1. The molecule has 0 amide bonds. The predicted molar refractivity (Wildman–Crippen MR) is 59.6 cm³/mol. The van der Waals surface area contributed by atoms with Gasteiger partial charge in [-0.05, 0) is 51.4 Å². The first-order valence-electron chi connectivity index (χ1n) is 6.16. The summed E-state index contributed by atoms with van der Waals surface area (Å²) in [5.74, 6) is 0.133. The molecule has 0 aliphatic heterocycles. The fraction of sp³-hybridized carbons (Fsp3) is 0.923. The van der Waals surface area contributed by atoms with E-state index in [-0.39, 0.29) is 29.6 Å². The van der Waals surface area contributed by atoms with Gasteiger partial charge in [0.2, 0.25) is 0 Å². The first kappa shape index (κ1) is 11.9. The monoisotopic (exact) mass is 228 g/mol. The Labute approximate surface area is 96.5 Å². The quantitative estimate of drug-likeness (QED) is 0.645. The topological polar surface area (TPSA) is 26.3 Å². The number of alkyl halides is 1. The Bertz CT molecular complexity index is 293. The number of rotatable bonds is 1. The Hall–Kier alpha value is -0.600. The zero-order chi connectivity index (χ0) is 12.1. The number of hydrogen-bond acceptors (Lipinski definition) is 2. The van der Waals surface area contributed by atoms with Crippen molar-refractivity contribution in [2.45, 2.75) is 52.3 Å². The molecule has 2 aliphatic rings. The lowest BCUT2D eigenvalue weighted by Gasteiger charge is -2.30. The van der Waals surface area contributed by atoms with Crippen LogP contribution >= 0.6 is 0 Å². The molecule has 0 aromatic heterocycles. The number of halogens is 1. The molecule has 0 heterocycles. The summed E-state index contributed by atoms with van der Waals surface area (Å²) in [7, 11) is 0. The molecule has 0 N–H and O–H groups in total. The van der Waals surface area contributed by atoms with Crippen molar-refractivity contribution < 1.29 is 13.9 Å². The van der Waals surface area contributed by atoms with Gasteiger partial charge in [0.25, 0.3) is 0 Å². The van der Waals surface area contributed by atoms with E-state index >= 15 is 0 Å². The maximum absolute atomic E-state index is 13.6. The summed E-state index contributed by atoms with van der Waals surface area (Å²) in [5, 5.41) is 0. The second-order valence-corrected chi connectivity index (χ2v) is 6.34. The van der Waals surface area contributed by atoms with E-state index in [9.17, 15) is 9.18 Å². The van der Waals surface area contributed by atoms with Crippen molar-refractivity contribution in [3.05, 3.63) is 0 Å². The van der Waals surface area contributed by atoms with Crippen LogP contribution in [0.4, 0.5) is 4.39 Å². The van der Waals surface area contributed by atoms with Gasteiger partial charge in [-0.15, -0.1) is 0 Å². The Morgan fingerprint density at radius 1 is 1.31 bits per heavy atom. The minimum atomic E-state index is -0.705. The lowest BCUT2D eigenvalue weighted by atomic mass is 9.80. The SMILES string of the molecule is CC1C(F)C2CC(C(=O)OC(C)(C)C)C1C2. The van der Waals surface area contributed by atoms with Crippen molar-refractivity contribution in [3.63, 3.8) is 0 Å². The van der Waals surface area contributed by atoms with Gasteiger partial charge in [-0.2, -0.15) is 0 Å². The molecule has 2 rings (SSSR count). The lowest BCUT2D eigenvalue weighted by Crippen LogP contribution is -2.36. The van der Waals surface area contributed by atoms with Crippen LogP contribution in [0.3, 0.4) is 0 Å². The summed E-state index contributed by atoms with van der Waals surface area (Å²) in [6.45, 7) is 7.55. The Kier molecular flexibility index (Phi) is 2.75. The number of fused-ring (bicyclic) bond motifs is 2.